The zero-order valence-electron chi connectivity index (χ0n) is 15.0. The average Bonchev–Trinajstić information content (AvgIpc) is 2.70. The predicted octanol–water partition coefficient (Wildman–Crippen LogP) is 0.582. The smallest absolute Gasteiger partial charge is 0.269 e. The van der Waals surface area contributed by atoms with Gasteiger partial charge in [0, 0.05) is 11.6 Å². The molecule has 0 bridgehead atoms. The van der Waals surface area contributed by atoms with Crippen LogP contribution in [0.5, 0.6) is 11.5 Å². The van der Waals surface area contributed by atoms with Crippen LogP contribution in [0.15, 0.2) is 47.4 Å². The van der Waals surface area contributed by atoms with E-state index in [0.717, 1.165) is 24.3 Å². The highest BCUT2D eigenvalue weighted by Crippen LogP contribution is 2.22. The summed E-state index contributed by atoms with van der Waals surface area (Å²) in [4.78, 5) is 23.7. The maximum absolute atomic E-state index is 12.9. The Kier molecular flexibility index (Phi) is 6.90. The first kappa shape index (κ1) is 21.1. The monoisotopic (exact) mass is 411 g/mol. The van der Waals surface area contributed by atoms with Crippen LogP contribution < -0.4 is 25.0 Å². The number of nitrogens with one attached hydrogen (secondary N) is 3. The first-order chi connectivity index (χ1) is 13.2. The third kappa shape index (κ3) is 5.66. The quantitative estimate of drug-likeness (QED) is 0.573. The van der Waals surface area contributed by atoms with Crippen LogP contribution in [0.2, 0.25) is 0 Å². The number of amides is 2. The summed E-state index contributed by atoms with van der Waals surface area (Å²) >= 11 is 0. The van der Waals surface area contributed by atoms with Crippen molar-refractivity contribution in [1.82, 2.24) is 15.6 Å². The van der Waals surface area contributed by atoms with Crippen molar-refractivity contribution in [2.45, 2.75) is 4.90 Å². The Labute approximate surface area is 160 Å². The highest BCUT2D eigenvalue weighted by atomic mass is 32.2. The molecule has 0 fully saturated rings. The minimum atomic E-state index is -4.00. The first-order valence-corrected chi connectivity index (χ1v) is 9.31. The van der Waals surface area contributed by atoms with E-state index in [1.807, 2.05) is 4.72 Å². The van der Waals surface area contributed by atoms with Crippen molar-refractivity contribution in [3.05, 3.63) is 53.8 Å². The topological polar surface area (TPSA) is 123 Å². The van der Waals surface area contributed by atoms with E-state index < -0.39 is 34.2 Å². The fourth-order valence-electron chi connectivity index (χ4n) is 2.04. The van der Waals surface area contributed by atoms with Crippen molar-refractivity contribution in [3.8, 4) is 11.5 Å². The molecule has 0 aromatic heterocycles. The van der Waals surface area contributed by atoms with Crippen molar-refractivity contribution in [1.29, 1.82) is 0 Å². The summed E-state index contributed by atoms with van der Waals surface area (Å²) in [5.41, 5.74) is 4.39. The number of carbonyl (C=O) groups excluding carboxylic acids is 2. The maximum atomic E-state index is 12.9. The van der Waals surface area contributed by atoms with E-state index in [-0.39, 0.29) is 10.5 Å². The van der Waals surface area contributed by atoms with Crippen molar-refractivity contribution in [2.24, 2.45) is 0 Å². The zero-order chi connectivity index (χ0) is 20.7. The first-order valence-electron chi connectivity index (χ1n) is 7.82. The second-order valence-corrected chi connectivity index (χ2v) is 7.15. The molecule has 0 heterocycles. The molecular weight excluding hydrogens is 393 g/mol. The minimum absolute atomic E-state index is 0.156. The fourth-order valence-corrected chi connectivity index (χ4v) is 3.02. The van der Waals surface area contributed by atoms with Crippen LogP contribution in [-0.4, -0.2) is 41.0 Å². The second-order valence-electron chi connectivity index (χ2n) is 5.38. The molecule has 0 unspecified atom stereocenters. The van der Waals surface area contributed by atoms with Crippen LogP contribution in [0, 0.1) is 5.82 Å². The third-order valence-corrected chi connectivity index (χ3v) is 4.89. The lowest BCUT2D eigenvalue weighted by Crippen LogP contribution is -2.46. The number of hydrogen-bond donors (Lipinski definition) is 3. The average molecular weight is 411 g/mol. The molecule has 0 spiro atoms. The molecule has 2 rings (SSSR count). The van der Waals surface area contributed by atoms with Gasteiger partial charge in [-0.1, -0.05) is 0 Å². The van der Waals surface area contributed by atoms with Gasteiger partial charge in [-0.05, 0) is 36.4 Å². The molecule has 9 nitrogen and oxygen atoms in total. The van der Waals surface area contributed by atoms with E-state index in [2.05, 4.69) is 10.9 Å². The van der Waals surface area contributed by atoms with E-state index in [1.54, 1.807) is 6.07 Å². The molecule has 28 heavy (non-hydrogen) atoms. The van der Waals surface area contributed by atoms with Gasteiger partial charge in [-0.3, -0.25) is 20.4 Å². The molecule has 0 saturated carbocycles. The van der Waals surface area contributed by atoms with Gasteiger partial charge in [0.15, 0.2) is 0 Å². The number of carbonyl (C=O) groups is 2. The highest BCUT2D eigenvalue weighted by Gasteiger charge is 2.16. The number of benzene rings is 2. The van der Waals surface area contributed by atoms with Gasteiger partial charge in [-0.15, -0.1) is 0 Å². The summed E-state index contributed by atoms with van der Waals surface area (Å²) < 4.78 is 49.0. The van der Waals surface area contributed by atoms with E-state index >= 15 is 0 Å². The standard InChI is InChI=1S/C17H18FN3O6S/c1-26-13-7-11(8-14(9-13)27-2)17(23)21-20-16(22)10-19-28(24,25)15-5-3-12(18)4-6-15/h3-9,19H,10H2,1-2H3,(H,20,22)(H,21,23). The normalized spacial score (nSPS) is 10.8. The third-order valence-electron chi connectivity index (χ3n) is 3.48. The Morgan fingerprint density at radius 3 is 2.07 bits per heavy atom. The highest BCUT2D eigenvalue weighted by molar-refractivity contribution is 7.89. The van der Waals surface area contributed by atoms with Gasteiger partial charge in [0.1, 0.15) is 17.3 Å². The molecule has 2 aromatic rings. The SMILES string of the molecule is COc1cc(OC)cc(C(=O)NNC(=O)CNS(=O)(=O)c2ccc(F)cc2)c1. The Morgan fingerprint density at radius 1 is 0.964 bits per heavy atom. The second kappa shape index (κ2) is 9.15. The van der Waals surface area contributed by atoms with Crippen LogP contribution in [0.3, 0.4) is 0 Å². The van der Waals surface area contributed by atoms with Gasteiger partial charge >= 0.3 is 0 Å². The van der Waals surface area contributed by atoms with Gasteiger partial charge in [0.2, 0.25) is 10.0 Å². The summed E-state index contributed by atoms with van der Waals surface area (Å²) in [5.74, 6) is -1.31. The van der Waals surface area contributed by atoms with Crippen molar-refractivity contribution in [2.75, 3.05) is 20.8 Å². The molecule has 0 aliphatic heterocycles. The van der Waals surface area contributed by atoms with Crippen molar-refractivity contribution < 1.29 is 31.9 Å². The molecule has 11 heteroatoms. The van der Waals surface area contributed by atoms with Crippen LogP contribution >= 0.6 is 0 Å². The molecule has 0 aliphatic rings. The Bertz CT molecular complexity index is 941. The van der Waals surface area contributed by atoms with Crippen LogP contribution in [0.4, 0.5) is 4.39 Å². The summed E-state index contributed by atoms with van der Waals surface area (Å²) in [6.07, 6.45) is 0. The number of sulfonamides is 1. The van der Waals surface area contributed by atoms with Gasteiger partial charge < -0.3 is 9.47 Å². The molecule has 0 radical (unpaired) electrons. The number of halogens is 1. The molecule has 0 aliphatic carbocycles. The van der Waals surface area contributed by atoms with Gasteiger partial charge in [-0.2, -0.15) is 0 Å². The number of hydrazine groups is 1. The Morgan fingerprint density at radius 2 is 1.54 bits per heavy atom. The van der Waals surface area contributed by atoms with Crippen LogP contribution in [0.25, 0.3) is 0 Å². The fraction of sp³-hybridized carbons (Fsp3) is 0.176. The van der Waals surface area contributed by atoms with Crippen LogP contribution in [0.1, 0.15) is 10.4 Å². The van der Waals surface area contributed by atoms with Crippen LogP contribution in [-0.2, 0) is 14.8 Å². The number of hydrogen-bond acceptors (Lipinski definition) is 6. The molecule has 0 atom stereocenters. The molecule has 150 valence electrons. The van der Waals surface area contributed by atoms with E-state index in [0.29, 0.717) is 11.5 Å². The van der Waals surface area contributed by atoms with E-state index in [9.17, 15) is 22.4 Å². The molecule has 2 amide bonds. The number of methoxy groups -OCH3 is 2. The lowest BCUT2D eigenvalue weighted by molar-refractivity contribution is -0.120. The summed E-state index contributed by atoms with van der Waals surface area (Å²) in [7, 11) is -1.16. The maximum Gasteiger partial charge on any atom is 0.269 e. The van der Waals surface area contributed by atoms with Crippen molar-refractivity contribution in [3.63, 3.8) is 0 Å². The Balaban J connectivity index is 1.91. The Hall–Kier alpha value is -3.18. The predicted molar refractivity (Wildman–Crippen MR) is 96.7 cm³/mol. The van der Waals surface area contributed by atoms with Crippen molar-refractivity contribution >= 4 is 21.8 Å². The van der Waals surface area contributed by atoms with Gasteiger partial charge in [0.05, 0.1) is 25.7 Å². The molecule has 3 N–H and O–H groups in total. The zero-order valence-corrected chi connectivity index (χ0v) is 15.8. The minimum Gasteiger partial charge on any atom is -0.497 e. The molecule has 2 aromatic carbocycles. The van der Waals surface area contributed by atoms with E-state index in [1.165, 1.54) is 26.4 Å². The lowest BCUT2D eigenvalue weighted by Gasteiger charge is -2.11. The summed E-state index contributed by atoms with van der Waals surface area (Å²) in [6, 6.07) is 8.53. The summed E-state index contributed by atoms with van der Waals surface area (Å²) in [5, 5.41) is 0. The molecular formula is C17H18FN3O6S. The number of ether oxygens (including phenoxy) is 2. The lowest BCUT2D eigenvalue weighted by atomic mass is 10.2. The van der Waals surface area contributed by atoms with Gasteiger partial charge in [-0.25, -0.2) is 17.5 Å². The number of rotatable bonds is 7. The van der Waals surface area contributed by atoms with Gasteiger partial charge in [0.25, 0.3) is 11.8 Å². The van der Waals surface area contributed by atoms with E-state index in [4.69, 9.17) is 9.47 Å². The summed E-state index contributed by atoms with van der Waals surface area (Å²) in [6.45, 7) is -0.637. The largest absolute Gasteiger partial charge is 0.497 e. The molecule has 0 saturated heterocycles.